The zero-order valence-electron chi connectivity index (χ0n) is 16.1. The highest BCUT2D eigenvalue weighted by molar-refractivity contribution is 14.0. The largest absolute Gasteiger partial charge is 0.381 e. The number of guanidine groups is 1. The smallest absolute Gasteiger partial charge is 0.193 e. The van der Waals surface area contributed by atoms with E-state index in [0.717, 1.165) is 45.4 Å². The summed E-state index contributed by atoms with van der Waals surface area (Å²) in [6.07, 6.45) is 1.19. The summed E-state index contributed by atoms with van der Waals surface area (Å²) in [5, 5.41) is 3.45. The van der Waals surface area contributed by atoms with Gasteiger partial charge in [-0.15, -0.1) is 24.0 Å². The number of nitrogens with one attached hydrogen (secondary N) is 1. The first-order valence-corrected chi connectivity index (χ1v) is 9.31. The van der Waals surface area contributed by atoms with Crippen molar-refractivity contribution in [3.63, 3.8) is 0 Å². The van der Waals surface area contributed by atoms with Crippen molar-refractivity contribution >= 4 is 29.9 Å². The monoisotopic (exact) mass is 459 g/mol. The van der Waals surface area contributed by atoms with Crippen molar-refractivity contribution in [3.8, 4) is 0 Å². The van der Waals surface area contributed by atoms with E-state index in [-0.39, 0.29) is 24.0 Å². The lowest BCUT2D eigenvalue weighted by molar-refractivity contribution is 0.114. The molecule has 1 N–H and O–H groups in total. The Morgan fingerprint density at radius 1 is 1.40 bits per heavy atom. The molecular weight excluding hydrogens is 425 g/mol. The van der Waals surface area contributed by atoms with Gasteiger partial charge >= 0.3 is 0 Å². The van der Waals surface area contributed by atoms with Gasteiger partial charge in [0, 0.05) is 44.6 Å². The van der Waals surface area contributed by atoms with Crippen LogP contribution in [0.3, 0.4) is 0 Å². The summed E-state index contributed by atoms with van der Waals surface area (Å²) in [7, 11) is 0. The molecule has 1 saturated heterocycles. The van der Waals surface area contributed by atoms with E-state index < -0.39 is 0 Å². The molecule has 0 aliphatic carbocycles. The van der Waals surface area contributed by atoms with Crippen LogP contribution in [0.1, 0.15) is 44.2 Å². The molecule has 25 heavy (non-hydrogen) atoms. The van der Waals surface area contributed by atoms with Crippen LogP contribution in [0.4, 0.5) is 0 Å². The summed E-state index contributed by atoms with van der Waals surface area (Å²) in [4.78, 5) is 7.29. The molecule has 142 valence electrons. The van der Waals surface area contributed by atoms with E-state index >= 15 is 0 Å². The summed E-state index contributed by atoms with van der Waals surface area (Å²) in [5.41, 5.74) is 2.68. The first-order valence-electron chi connectivity index (χ1n) is 9.31. The van der Waals surface area contributed by atoms with E-state index in [1.807, 2.05) is 0 Å². The molecular formula is C20H34IN3O. The number of likely N-dealkylation sites (tertiary alicyclic amines) is 1. The Hall–Kier alpha value is -0.820. The molecule has 2 unspecified atom stereocenters. The van der Waals surface area contributed by atoms with Gasteiger partial charge in [-0.2, -0.15) is 0 Å². The van der Waals surface area contributed by atoms with Crippen LogP contribution in [0.15, 0.2) is 29.3 Å². The second kappa shape index (κ2) is 11.7. The van der Waals surface area contributed by atoms with Crippen LogP contribution in [0, 0.1) is 12.8 Å². The molecule has 0 aromatic heterocycles. The van der Waals surface area contributed by atoms with Gasteiger partial charge in [-0.25, -0.2) is 0 Å². The summed E-state index contributed by atoms with van der Waals surface area (Å²) < 4.78 is 5.59. The van der Waals surface area contributed by atoms with Gasteiger partial charge in [0.05, 0.1) is 6.61 Å². The molecule has 1 aromatic carbocycles. The third kappa shape index (κ3) is 7.13. The number of benzene rings is 1. The molecule has 1 aliphatic heterocycles. The summed E-state index contributed by atoms with van der Waals surface area (Å²) in [6.45, 7) is 14.1. The van der Waals surface area contributed by atoms with Crippen LogP contribution in [-0.4, -0.2) is 50.3 Å². The number of halogens is 1. The average Bonchev–Trinajstić information content (AvgIpc) is 3.05. The minimum Gasteiger partial charge on any atom is -0.381 e. The highest BCUT2D eigenvalue weighted by Gasteiger charge is 2.25. The quantitative estimate of drug-likeness (QED) is 0.380. The maximum atomic E-state index is 5.59. The van der Waals surface area contributed by atoms with Crippen LogP contribution in [0.5, 0.6) is 0 Å². The van der Waals surface area contributed by atoms with Gasteiger partial charge in [0.15, 0.2) is 5.96 Å². The maximum absolute atomic E-state index is 5.59. The van der Waals surface area contributed by atoms with Crippen molar-refractivity contribution in [2.45, 2.75) is 40.0 Å². The lowest BCUT2D eigenvalue weighted by Gasteiger charge is -2.22. The minimum atomic E-state index is 0. The van der Waals surface area contributed by atoms with Gasteiger partial charge in [-0.05, 0) is 32.8 Å². The van der Waals surface area contributed by atoms with Crippen LogP contribution in [0.2, 0.25) is 0 Å². The summed E-state index contributed by atoms with van der Waals surface area (Å²) in [6, 6.07) is 8.75. The zero-order valence-corrected chi connectivity index (χ0v) is 18.5. The molecule has 4 nitrogen and oxygen atoms in total. The Kier molecular flexibility index (Phi) is 10.4. The van der Waals surface area contributed by atoms with E-state index in [2.05, 4.69) is 62.2 Å². The van der Waals surface area contributed by atoms with Crippen LogP contribution < -0.4 is 5.32 Å². The van der Waals surface area contributed by atoms with Gasteiger partial charge in [0.1, 0.15) is 0 Å². The third-order valence-corrected chi connectivity index (χ3v) is 4.60. The summed E-state index contributed by atoms with van der Waals surface area (Å²) in [5.74, 6) is 2.11. The van der Waals surface area contributed by atoms with Gasteiger partial charge < -0.3 is 15.0 Å². The van der Waals surface area contributed by atoms with E-state index in [1.54, 1.807) is 0 Å². The Morgan fingerprint density at radius 3 is 2.88 bits per heavy atom. The van der Waals surface area contributed by atoms with Crippen molar-refractivity contribution in [3.05, 3.63) is 35.4 Å². The number of aliphatic imine (C=N–C) groups is 1. The van der Waals surface area contributed by atoms with E-state index in [9.17, 15) is 0 Å². The molecule has 0 radical (unpaired) electrons. The second-order valence-electron chi connectivity index (χ2n) is 6.77. The highest BCUT2D eigenvalue weighted by atomic mass is 127. The fourth-order valence-corrected chi connectivity index (χ4v) is 3.18. The SMILES string of the molecule is CCNC(=NCC(C)c1cccc(C)c1)N1CCC(COCC)C1.I. The second-order valence-corrected chi connectivity index (χ2v) is 6.77. The molecule has 1 aromatic rings. The number of aryl methyl sites for hydroxylation is 1. The van der Waals surface area contributed by atoms with Crippen LogP contribution in [0.25, 0.3) is 0 Å². The number of nitrogens with zero attached hydrogens (tertiary/aromatic N) is 2. The predicted octanol–water partition coefficient (Wildman–Crippen LogP) is 4.04. The zero-order chi connectivity index (χ0) is 17.4. The van der Waals surface area contributed by atoms with Crippen molar-refractivity contribution in [1.29, 1.82) is 0 Å². The predicted molar refractivity (Wildman–Crippen MR) is 117 cm³/mol. The Bertz CT molecular complexity index is 535. The molecule has 2 rings (SSSR count). The number of ether oxygens (including phenoxy) is 1. The molecule has 1 aliphatic rings. The fraction of sp³-hybridized carbons (Fsp3) is 0.650. The lowest BCUT2D eigenvalue weighted by Crippen LogP contribution is -2.40. The van der Waals surface area contributed by atoms with Crippen LogP contribution >= 0.6 is 24.0 Å². The molecule has 0 amide bonds. The van der Waals surface area contributed by atoms with E-state index in [4.69, 9.17) is 9.73 Å². The average molecular weight is 459 g/mol. The Morgan fingerprint density at radius 2 is 2.20 bits per heavy atom. The number of hydrogen-bond donors (Lipinski definition) is 1. The van der Waals surface area contributed by atoms with Gasteiger partial charge in [-0.3, -0.25) is 4.99 Å². The molecule has 1 heterocycles. The van der Waals surface area contributed by atoms with Gasteiger partial charge in [0.25, 0.3) is 0 Å². The molecule has 5 heteroatoms. The maximum Gasteiger partial charge on any atom is 0.193 e. The lowest BCUT2D eigenvalue weighted by atomic mass is 10.00. The number of rotatable bonds is 7. The molecule has 0 spiro atoms. The number of hydrogen-bond acceptors (Lipinski definition) is 2. The van der Waals surface area contributed by atoms with Crippen LogP contribution in [-0.2, 0) is 4.74 Å². The molecule has 2 atom stereocenters. The highest BCUT2D eigenvalue weighted by Crippen LogP contribution is 2.19. The normalized spacial score (nSPS) is 18.8. The van der Waals surface area contributed by atoms with Crippen molar-refractivity contribution in [1.82, 2.24) is 10.2 Å². The van der Waals surface area contributed by atoms with Gasteiger partial charge in [0.2, 0.25) is 0 Å². The van der Waals surface area contributed by atoms with E-state index in [0.29, 0.717) is 11.8 Å². The summed E-state index contributed by atoms with van der Waals surface area (Å²) >= 11 is 0. The third-order valence-electron chi connectivity index (χ3n) is 4.60. The topological polar surface area (TPSA) is 36.9 Å². The first kappa shape index (κ1) is 22.2. The molecule has 0 bridgehead atoms. The Labute approximate surface area is 170 Å². The molecule has 0 saturated carbocycles. The fourth-order valence-electron chi connectivity index (χ4n) is 3.18. The first-order chi connectivity index (χ1) is 11.6. The molecule has 1 fully saturated rings. The van der Waals surface area contributed by atoms with Crippen molar-refractivity contribution < 1.29 is 4.74 Å². The van der Waals surface area contributed by atoms with E-state index in [1.165, 1.54) is 17.5 Å². The standard InChI is InChI=1S/C20H33N3O.HI/c1-5-21-20(23-11-10-18(14-23)15-24-6-2)22-13-17(4)19-9-7-8-16(3)12-19;/h7-9,12,17-18H,5-6,10-11,13-15H2,1-4H3,(H,21,22);1H. The van der Waals surface area contributed by atoms with Gasteiger partial charge in [-0.1, -0.05) is 36.8 Å². The van der Waals surface area contributed by atoms with Crippen molar-refractivity contribution in [2.75, 3.05) is 39.4 Å². The van der Waals surface area contributed by atoms with Crippen molar-refractivity contribution in [2.24, 2.45) is 10.9 Å². The minimum absolute atomic E-state index is 0. The Balaban J connectivity index is 0.00000312.